The van der Waals surface area contributed by atoms with Crippen LogP contribution in [-0.2, 0) is 37.3 Å². The van der Waals surface area contributed by atoms with Crippen LogP contribution in [0.5, 0.6) is 0 Å². The summed E-state index contributed by atoms with van der Waals surface area (Å²) in [6.45, 7) is 9.26. The maximum Gasteiger partial charge on any atom is 0.330 e. The van der Waals surface area contributed by atoms with Gasteiger partial charge in [-0.05, 0) is 53.7 Å². The van der Waals surface area contributed by atoms with E-state index in [1.54, 1.807) is 9.03 Å². The Morgan fingerprint density at radius 2 is 1.33 bits per heavy atom. The molecule has 0 amide bonds. The molecule has 5 heterocycles. The molecule has 14 N–H and O–H groups in total. The molecule has 0 unspecified atom stereocenters. The van der Waals surface area contributed by atoms with E-state index in [4.69, 9.17) is 52.5 Å². The molecule has 0 atom stereocenters. The van der Waals surface area contributed by atoms with Crippen LogP contribution in [0.3, 0.4) is 0 Å². The van der Waals surface area contributed by atoms with Crippen molar-refractivity contribution < 1.29 is 56.0 Å². The van der Waals surface area contributed by atoms with Gasteiger partial charge in [-0.1, -0.05) is 0 Å². The first kappa shape index (κ1) is 50.0. The van der Waals surface area contributed by atoms with Gasteiger partial charge in [0.2, 0.25) is 17.7 Å². The smallest absolute Gasteiger partial charge is 0.330 e. The third-order valence-electron chi connectivity index (χ3n) is 5.07. The van der Waals surface area contributed by atoms with Crippen molar-refractivity contribution in [2.45, 2.75) is 61.2 Å². The topological polar surface area (TPSA) is 440 Å². The fraction of sp³-hybridized carbons (Fsp3) is 0.357. The van der Waals surface area contributed by atoms with Crippen molar-refractivity contribution in [2.24, 2.45) is 22.4 Å². The average Bonchev–Trinajstić information content (AvgIpc) is 3.87. The van der Waals surface area contributed by atoms with Crippen LogP contribution in [-0.4, -0.2) is 123 Å². The number of ketones is 2. The fourth-order valence-corrected chi connectivity index (χ4v) is 3.24. The van der Waals surface area contributed by atoms with Crippen molar-refractivity contribution in [2.75, 3.05) is 12.3 Å². The molecule has 0 saturated carbocycles. The van der Waals surface area contributed by atoms with E-state index in [1.807, 2.05) is 39.8 Å². The van der Waals surface area contributed by atoms with Gasteiger partial charge in [-0.15, -0.1) is 20.4 Å². The lowest BCUT2D eigenvalue weighted by atomic mass is 10.2. The van der Waals surface area contributed by atoms with E-state index in [0.29, 0.717) is 29.5 Å². The van der Waals surface area contributed by atoms with Gasteiger partial charge < -0.3 is 48.4 Å². The number of aldehydes is 1. The van der Waals surface area contributed by atoms with Gasteiger partial charge in [-0.25, -0.2) is 29.1 Å². The van der Waals surface area contributed by atoms with Crippen LogP contribution in [0.1, 0.15) is 66.7 Å². The summed E-state index contributed by atoms with van der Waals surface area (Å²) < 4.78 is 3.18. The molecule has 27 nitrogen and oxygen atoms in total. The fourth-order valence-electron chi connectivity index (χ4n) is 3.24. The van der Waals surface area contributed by atoms with E-state index in [0.717, 1.165) is 22.8 Å². The van der Waals surface area contributed by atoms with Crippen LogP contribution in [0.25, 0.3) is 11.6 Å². The first-order chi connectivity index (χ1) is 25.8. The van der Waals surface area contributed by atoms with Gasteiger partial charge in [0.1, 0.15) is 31.4 Å². The lowest BCUT2D eigenvalue weighted by Crippen LogP contribution is -2.23. The summed E-state index contributed by atoms with van der Waals surface area (Å²) in [5.74, 6) is 5.24. The van der Waals surface area contributed by atoms with E-state index in [1.165, 1.54) is 13.8 Å². The van der Waals surface area contributed by atoms with E-state index in [9.17, 15) is 14.4 Å². The largest absolute Gasteiger partial charge is 0.480 e. The Hall–Kier alpha value is -7.10. The Morgan fingerprint density at radius 3 is 1.62 bits per heavy atom. The lowest BCUT2D eigenvalue weighted by molar-refractivity contribution is -0.217. The number of nitrogen functional groups attached to an aromatic ring is 1. The number of hydrogen-bond donors (Lipinski definition) is 10. The highest BCUT2D eigenvalue weighted by Crippen LogP contribution is 2.05. The number of fused-ring (bicyclic) bond motifs is 2. The van der Waals surface area contributed by atoms with Gasteiger partial charge in [0, 0.05) is 24.2 Å². The van der Waals surface area contributed by atoms with E-state index in [-0.39, 0.29) is 56.8 Å². The number of hydrogen-bond acceptors (Lipinski definition) is 21. The number of rotatable bonds is 7. The first-order valence-corrected chi connectivity index (χ1v) is 14.9. The van der Waals surface area contributed by atoms with Crippen molar-refractivity contribution in [3.05, 3.63) is 52.4 Å². The molecule has 0 aromatic carbocycles. The number of carbonyl (C=O) groups is 5. The number of nitrogens with zero attached hydrogens (tertiary/aromatic N) is 11. The quantitative estimate of drug-likeness (QED) is 0.0153. The zero-order valence-corrected chi connectivity index (χ0v) is 30.6. The number of hydrazone groups is 1. The minimum absolute atomic E-state index is 0. The average molecular weight is 783 g/mol. The number of aliphatic hydroxyl groups excluding tert-OH is 3. The molecule has 0 aliphatic carbocycles. The van der Waals surface area contributed by atoms with Crippen LogP contribution in [0.15, 0.2) is 17.2 Å². The highest BCUT2D eigenvalue weighted by atomic mass is 17.1. The molecular weight excluding hydrogens is 736 g/mol. The van der Waals surface area contributed by atoms with Gasteiger partial charge in [-0.2, -0.15) is 15.0 Å². The number of aliphatic hydroxyl groups is 3. The summed E-state index contributed by atoms with van der Waals surface area (Å²) >= 11 is 0. The number of guanidine groups is 1. The Bertz CT molecular complexity index is 1970. The maximum absolute atomic E-state index is 10.4. The first-order valence-electron chi connectivity index (χ1n) is 14.9. The summed E-state index contributed by atoms with van der Waals surface area (Å²) in [5.41, 5.74) is 18.1. The number of Topliss-reactive ketones (excluding diaryl/α,β-unsaturated/α-hetero) is 2. The van der Waals surface area contributed by atoms with Gasteiger partial charge >= 0.3 is 12.4 Å². The van der Waals surface area contributed by atoms with Crippen LogP contribution in [0.4, 0.5) is 5.95 Å². The predicted octanol–water partition coefficient (Wildman–Crippen LogP) is -2.70. The van der Waals surface area contributed by atoms with Gasteiger partial charge in [0.05, 0.1) is 6.42 Å². The van der Waals surface area contributed by atoms with Crippen molar-refractivity contribution >= 4 is 53.8 Å². The van der Waals surface area contributed by atoms with Crippen LogP contribution >= 0.6 is 0 Å². The molecule has 0 fully saturated rings. The zero-order chi connectivity index (χ0) is 42.7. The summed E-state index contributed by atoms with van der Waals surface area (Å²) in [6, 6.07) is 3.80. The molecule has 55 heavy (non-hydrogen) atoms. The van der Waals surface area contributed by atoms with Gasteiger partial charge in [-0.3, -0.25) is 24.3 Å². The molecule has 27 heteroatoms. The zero-order valence-electron chi connectivity index (χ0n) is 30.6. The van der Waals surface area contributed by atoms with Crippen molar-refractivity contribution in [1.29, 1.82) is 0 Å². The number of anilines is 1. The molecule has 5 rings (SSSR count). The second kappa shape index (κ2) is 27.5. The molecule has 0 aliphatic rings. The highest BCUT2D eigenvalue weighted by Gasteiger charge is 2.07. The number of aromatic nitrogens is 11. The summed E-state index contributed by atoms with van der Waals surface area (Å²) in [4.78, 5) is 71.0. The predicted molar refractivity (Wildman–Crippen MR) is 191 cm³/mol. The SMILES string of the molecule is CC(=O)CC(C)=O.Cc1cc(C)n2nc(C=O)nc2n1.Cc1cc(C)n2nc(CO)nc2n1.NN=C(N)N.Nc1n[nH]c(CO)n1.O=C(O)CO.O=COO.[HH]. The second-order valence-electron chi connectivity index (χ2n) is 9.96. The third-order valence-corrected chi connectivity index (χ3v) is 5.07. The lowest BCUT2D eigenvalue weighted by Gasteiger charge is -1.97. The standard InChI is InChI=1S/C8H10N4O.C8H8N4O.C5H8O2.C3H6N4O.C2H4O3.CH6N4.CH2O3.H2/c2*1-5-3-6(2)12-8(9-5)10-7(4-13)11-12;1-4(6)3-5(2)7;4-3-5-2(1-8)6-7-3;3-1-2(4)5;2-1(3)5-4;2-1-4-3;/h3,13H,4H2,1-2H3;3-4H,1-2H3;3H2,1-2H3;8H,1H2,(H3,4,5,6,7);3H,1H2,(H,4,5);4H2,(H4,2,3,5);1,3H;1H. The highest BCUT2D eigenvalue weighted by molar-refractivity contribution is 5.96. The van der Waals surface area contributed by atoms with Crippen LogP contribution in [0, 0.1) is 27.7 Å². The molecule has 0 spiro atoms. The molecular formula is C28H46N16O11. The number of aryl methyl sites for hydroxylation is 4. The number of H-pyrrole nitrogens is 1. The minimum atomic E-state index is -1.19. The maximum atomic E-state index is 10.4. The number of nitrogens with one attached hydrogen (secondary N) is 1. The van der Waals surface area contributed by atoms with Crippen LogP contribution in [0.2, 0.25) is 0 Å². The molecule has 0 saturated heterocycles. The molecule has 0 radical (unpaired) electrons. The number of carbonyl (C=O) groups excluding carboxylic acids is 4. The van der Waals surface area contributed by atoms with Crippen molar-refractivity contribution in [3.63, 3.8) is 0 Å². The number of nitrogens with two attached hydrogens (primary N) is 4. The van der Waals surface area contributed by atoms with Crippen molar-refractivity contribution in [3.8, 4) is 0 Å². The van der Waals surface area contributed by atoms with Gasteiger partial charge in [0.25, 0.3) is 11.6 Å². The third kappa shape index (κ3) is 22.4. The van der Waals surface area contributed by atoms with E-state index in [2.05, 4.69) is 61.1 Å². The Labute approximate surface area is 312 Å². The summed E-state index contributed by atoms with van der Waals surface area (Å²) in [5, 5.41) is 56.0. The molecule has 0 bridgehead atoms. The molecule has 0 aliphatic heterocycles. The van der Waals surface area contributed by atoms with Crippen LogP contribution < -0.4 is 23.0 Å². The summed E-state index contributed by atoms with van der Waals surface area (Å²) in [6.07, 6.45) is 0.698. The summed E-state index contributed by atoms with van der Waals surface area (Å²) in [7, 11) is 0. The minimum Gasteiger partial charge on any atom is -0.480 e. The second-order valence-corrected chi connectivity index (χ2v) is 9.96. The Balaban J connectivity index is -0.000000612. The molecule has 5 aromatic rings. The molecule has 5 aromatic heterocycles. The number of aromatic amines is 1. The Kier molecular flexibility index (Phi) is 25.0. The normalized spacial score (nSPS) is 9.20. The van der Waals surface area contributed by atoms with E-state index < -0.39 is 12.6 Å². The monoisotopic (exact) mass is 782 g/mol. The molecule has 304 valence electrons. The van der Waals surface area contributed by atoms with E-state index >= 15 is 0 Å². The van der Waals surface area contributed by atoms with Crippen molar-refractivity contribution in [1.82, 2.24) is 54.3 Å². The number of aliphatic carboxylic acids is 1. The number of carboxylic acid groups (broad SMARTS) is 1. The number of carboxylic acids is 1. The van der Waals surface area contributed by atoms with Gasteiger partial charge in [0.15, 0.2) is 17.9 Å². The Morgan fingerprint density at radius 1 is 0.873 bits per heavy atom.